The van der Waals surface area contributed by atoms with Crippen LogP contribution in [0.4, 0.5) is 0 Å². The maximum Gasteiger partial charge on any atom is -1.00 e. The second kappa shape index (κ2) is 6.91. The maximum atomic E-state index is 2.47. The van der Waals surface area contributed by atoms with Crippen LogP contribution in [0.15, 0.2) is 60.2 Å². The van der Waals surface area contributed by atoms with Crippen LogP contribution in [0.25, 0.3) is 12.2 Å². The number of halogens is 1. The molecule has 0 aromatic heterocycles. The molecule has 0 saturated heterocycles. The van der Waals surface area contributed by atoms with Gasteiger partial charge in [-0.3, -0.25) is 0 Å². The Morgan fingerprint density at radius 1 is 0.913 bits per heavy atom. The molecule has 2 atom stereocenters. The summed E-state index contributed by atoms with van der Waals surface area (Å²) in [7, 11) is 0. The van der Waals surface area contributed by atoms with Gasteiger partial charge in [-0.2, -0.15) is 0 Å². The summed E-state index contributed by atoms with van der Waals surface area (Å²) in [5.41, 5.74) is 7.74. The van der Waals surface area contributed by atoms with E-state index < -0.39 is 23.2 Å². The van der Waals surface area contributed by atoms with E-state index in [0.29, 0.717) is 5.92 Å². The zero-order valence-corrected chi connectivity index (χ0v) is 16.7. The van der Waals surface area contributed by atoms with E-state index in [1.165, 1.54) is 11.1 Å². The third-order valence-electron chi connectivity index (χ3n) is 4.77. The van der Waals surface area contributed by atoms with E-state index >= 15 is 0 Å². The molecule has 23 heavy (non-hydrogen) atoms. The van der Waals surface area contributed by atoms with Crippen LogP contribution in [0.3, 0.4) is 0 Å². The number of benzene rings is 2. The summed E-state index contributed by atoms with van der Waals surface area (Å²) >= 11 is -0.632. The molecule has 0 fully saturated rings. The minimum atomic E-state index is -0.632. The number of rotatable bonds is 3. The molecular formula is C21H21ClZr. The Bertz CT molecular complexity index is 779. The Labute approximate surface area is 158 Å². The van der Waals surface area contributed by atoms with E-state index in [1.807, 2.05) is 0 Å². The topological polar surface area (TPSA) is 0 Å². The van der Waals surface area contributed by atoms with Crippen molar-refractivity contribution in [1.29, 1.82) is 0 Å². The summed E-state index contributed by atoms with van der Waals surface area (Å²) < 4.78 is 1.46. The van der Waals surface area contributed by atoms with Gasteiger partial charge in [0, 0.05) is 0 Å². The largest absolute Gasteiger partial charge is 1.00 e. The van der Waals surface area contributed by atoms with Crippen molar-refractivity contribution in [3.05, 3.63) is 82.4 Å². The molecule has 2 aliphatic carbocycles. The van der Waals surface area contributed by atoms with Crippen molar-refractivity contribution in [1.82, 2.24) is 0 Å². The third kappa shape index (κ3) is 3.06. The van der Waals surface area contributed by atoms with Gasteiger partial charge in [-0.05, 0) is 0 Å². The normalized spacial score (nSPS) is 20.6. The molecule has 0 radical (unpaired) electrons. The van der Waals surface area contributed by atoms with Gasteiger partial charge in [0.05, 0.1) is 0 Å². The van der Waals surface area contributed by atoms with Gasteiger partial charge in [-0.1, -0.05) is 0 Å². The Kier molecular flexibility index (Phi) is 5.09. The first-order valence-electron chi connectivity index (χ1n) is 8.07. The Hall–Kier alpha value is -0.907. The van der Waals surface area contributed by atoms with Crippen LogP contribution < -0.4 is 12.4 Å². The first kappa shape index (κ1) is 16.9. The van der Waals surface area contributed by atoms with E-state index in [9.17, 15) is 0 Å². The van der Waals surface area contributed by atoms with Gasteiger partial charge in [0.25, 0.3) is 0 Å². The van der Waals surface area contributed by atoms with E-state index in [-0.39, 0.29) is 13.8 Å². The van der Waals surface area contributed by atoms with Gasteiger partial charge >= 0.3 is 145 Å². The molecule has 2 unspecified atom stereocenters. The van der Waals surface area contributed by atoms with Crippen LogP contribution >= 0.6 is 0 Å². The van der Waals surface area contributed by atoms with Crippen LogP contribution in [-0.2, 0) is 23.2 Å². The maximum absolute atomic E-state index is 2.47. The molecule has 116 valence electrons. The van der Waals surface area contributed by atoms with E-state index in [0.717, 1.165) is 7.25 Å². The second-order valence-corrected chi connectivity index (χ2v) is 10.3. The van der Waals surface area contributed by atoms with Crippen molar-refractivity contribution >= 4 is 12.2 Å². The fraction of sp³-hybridized carbons (Fsp3) is 0.238. The van der Waals surface area contributed by atoms with Crippen LogP contribution in [-0.4, -0.2) is 0 Å². The fourth-order valence-electron chi connectivity index (χ4n) is 3.61. The standard InChI is InChI=1S/C12H13.C9H7.ClH.Zr.H/c1-9(2)12-7-10-5-3-4-6-11(10)8-12;1-2-5-9-7-3-6-8(9)4-1;;;/h3-9H,1-2H3;1-7H;1H;;/q;;;+2;-1/p-1. The number of hydrogen-bond acceptors (Lipinski definition) is 0. The van der Waals surface area contributed by atoms with Gasteiger partial charge in [0.1, 0.15) is 0 Å². The number of fused-ring (bicyclic) bond motifs is 2. The van der Waals surface area contributed by atoms with Gasteiger partial charge in [0.2, 0.25) is 0 Å². The Morgan fingerprint density at radius 2 is 1.57 bits per heavy atom. The molecule has 0 saturated carbocycles. The SMILES string of the molecule is CC(C)C1=Cc2ccccc2[CH]1[Zr+2][CH]1C=Cc2ccccc21.[Cl-].[H-]. The van der Waals surface area contributed by atoms with Crippen molar-refractivity contribution in [2.45, 2.75) is 21.1 Å². The second-order valence-electron chi connectivity index (χ2n) is 6.49. The Morgan fingerprint density at radius 3 is 2.30 bits per heavy atom. The quantitative estimate of drug-likeness (QED) is 0.744. The summed E-state index contributed by atoms with van der Waals surface area (Å²) in [5, 5.41) is 0. The van der Waals surface area contributed by atoms with Crippen molar-refractivity contribution in [2.75, 3.05) is 0 Å². The van der Waals surface area contributed by atoms with Crippen LogP contribution in [0, 0.1) is 5.92 Å². The van der Waals surface area contributed by atoms with Crippen molar-refractivity contribution in [2.24, 2.45) is 5.92 Å². The molecule has 0 N–H and O–H groups in total. The smallest absolute Gasteiger partial charge is 1.00 e. The first-order valence-corrected chi connectivity index (χ1v) is 10.9. The predicted molar refractivity (Wildman–Crippen MR) is 91.3 cm³/mol. The van der Waals surface area contributed by atoms with Gasteiger partial charge in [-0.25, -0.2) is 0 Å². The van der Waals surface area contributed by atoms with Crippen molar-refractivity contribution in [3.8, 4) is 0 Å². The molecule has 2 aromatic rings. The van der Waals surface area contributed by atoms with Crippen molar-refractivity contribution in [3.63, 3.8) is 0 Å². The first-order chi connectivity index (χ1) is 10.7. The molecule has 0 nitrogen and oxygen atoms in total. The summed E-state index contributed by atoms with van der Waals surface area (Å²) in [6.07, 6.45) is 7.27. The summed E-state index contributed by atoms with van der Waals surface area (Å²) in [6, 6.07) is 18.0. The van der Waals surface area contributed by atoms with Crippen LogP contribution in [0.5, 0.6) is 0 Å². The molecule has 2 aromatic carbocycles. The monoisotopic (exact) mass is 398 g/mol. The van der Waals surface area contributed by atoms with Crippen LogP contribution in [0.1, 0.15) is 44.8 Å². The molecule has 0 aliphatic heterocycles. The molecule has 0 heterocycles. The third-order valence-corrected chi connectivity index (χ3v) is 9.30. The van der Waals surface area contributed by atoms with E-state index in [4.69, 9.17) is 0 Å². The van der Waals surface area contributed by atoms with E-state index in [1.54, 1.807) is 16.7 Å². The summed E-state index contributed by atoms with van der Waals surface area (Å²) in [4.78, 5) is 0. The zero-order valence-electron chi connectivity index (χ0n) is 14.5. The van der Waals surface area contributed by atoms with Crippen molar-refractivity contribution < 1.29 is 37.1 Å². The van der Waals surface area contributed by atoms with Crippen LogP contribution in [0.2, 0.25) is 0 Å². The molecule has 0 amide bonds. The zero-order chi connectivity index (χ0) is 15.1. The molecular weight excluding hydrogens is 379 g/mol. The minimum Gasteiger partial charge on any atom is -1.00 e. The Balaban J connectivity index is 0.00000104. The number of hydrogen-bond donors (Lipinski definition) is 0. The predicted octanol–water partition coefficient (Wildman–Crippen LogP) is 2.75. The number of allylic oxidation sites excluding steroid dienone is 2. The fourth-order valence-corrected chi connectivity index (χ4v) is 8.67. The van der Waals surface area contributed by atoms with Gasteiger partial charge in [0.15, 0.2) is 0 Å². The molecule has 2 heteroatoms. The average Bonchev–Trinajstić information content (AvgIpc) is 3.10. The van der Waals surface area contributed by atoms with E-state index in [2.05, 4.69) is 80.6 Å². The molecule has 2 aliphatic rings. The summed E-state index contributed by atoms with van der Waals surface area (Å²) in [5.74, 6) is 0.652. The summed E-state index contributed by atoms with van der Waals surface area (Å²) in [6.45, 7) is 4.70. The molecule has 0 spiro atoms. The molecule has 0 bridgehead atoms. The van der Waals surface area contributed by atoms with Gasteiger partial charge < -0.3 is 13.8 Å². The average molecular weight is 400 g/mol. The minimum absolute atomic E-state index is 0. The molecule has 4 rings (SSSR count). The van der Waals surface area contributed by atoms with Gasteiger partial charge in [-0.15, -0.1) is 0 Å².